The number of nitrogens with one attached hydrogen (secondary N) is 1. The summed E-state index contributed by atoms with van der Waals surface area (Å²) in [4.78, 5) is 0. The Balaban J connectivity index is 4.38. The van der Waals surface area contributed by atoms with Crippen molar-refractivity contribution in [1.82, 2.24) is 4.72 Å². The molecule has 0 fully saturated rings. The molecule has 0 aliphatic rings. The molecule has 0 saturated carbocycles. The molecular weight excluding hydrogens is 174 g/mol. The second kappa shape index (κ2) is 4.82. The second-order valence-electron chi connectivity index (χ2n) is 3.26. The molecule has 1 N–H and O–H groups in total. The normalized spacial score (nSPS) is 12.8. The molecule has 0 aliphatic heterocycles. The molecule has 3 nitrogen and oxygen atoms in total. The van der Waals surface area contributed by atoms with Crippen LogP contribution in [0.5, 0.6) is 0 Å². The van der Waals surface area contributed by atoms with E-state index in [1.165, 1.54) is 0 Å². The van der Waals surface area contributed by atoms with Gasteiger partial charge in [0.2, 0.25) is 10.0 Å². The smallest absolute Gasteiger partial charge is 0.212 e. The van der Waals surface area contributed by atoms with Crippen molar-refractivity contribution in [2.75, 3.05) is 0 Å². The Kier molecular flexibility index (Phi) is 4.78. The van der Waals surface area contributed by atoms with Crippen molar-refractivity contribution in [2.24, 2.45) is 0 Å². The molecule has 4 heteroatoms. The van der Waals surface area contributed by atoms with Crippen LogP contribution < -0.4 is 4.72 Å². The van der Waals surface area contributed by atoms with Gasteiger partial charge in [-0.3, -0.25) is 0 Å². The summed E-state index contributed by atoms with van der Waals surface area (Å²) in [6, 6.07) is -0.00407. The summed E-state index contributed by atoms with van der Waals surface area (Å²) in [5, 5.41) is -0.236. The summed E-state index contributed by atoms with van der Waals surface area (Å²) in [6.07, 6.45) is 1.36. The molecule has 0 aromatic heterocycles. The Labute approximate surface area is 75.6 Å². The molecule has 0 aliphatic carbocycles. The first-order valence-electron chi connectivity index (χ1n) is 4.45. The standard InChI is InChI=1S/C8H19NO2S/c1-5-8(6-2)12(10,11)9-7(3)4/h7-9H,5-6H2,1-4H3. The zero-order valence-corrected chi connectivity index (χ0v) is 9.11. The largest absolute Gasteiger partial charge is 0.214 e. The Morgan fingerprint density at radius 2 is 1.58 bits per heavy atom. The zero-order valence-electron chi connectivity index (χ0n) is 8.29. The van der Waals surface area contributed by atoms with E-state index in [9.17, 15) is 8.42 Å². The first-order valence-corrected chi connectivity index (χ1v) is 5.99. The van der Waals surface area contributed by atoms with Crippen LogP contribution in [0.15, 0.2) is 0 Å². The second-order valence-corrected chi connectivity index (χ2v) is 5.25. The van der Waals surface area contributed by atoms with Crippen LogP contribution in [0.1, 0.15) is 40.5 Å². The molecule has 0 spiro atoms. The van der Waals surface area contributed by atoms with E-state index in [0.29, 0.717) is 12.8 Å². The fourth-order valence-corrected chi connectivity index (χ4v) is 2.88. The molecule has 0 aromatic rings. The molecule has 0 unspecified atom stereocenters. The van der Waals surface area contributed by atoms with Crippen molar-refractivity contribution in [3.63, 3.8) is 0 Å². The van der Waals surface area contributed by atoms with Crippen LogP contribution in [0, 0.1) is 0 Å². The van der Waals surface area contributed by atoms with E-state index in [1.807, 2.05) is 27.7 Å². The van der Waals surface area contributed by atoms with Crippen molar-refractivity contribution in [3.05, 3.63) is 0 Å². The number of hydrogen-bond acceptors (Lipinski definition) is 2. The van der Waals surface area contributed by atoms with E-state index in [0.717, 1.165) is 0 Å². The van der Waals surface area contributed by atoms with Gasteiger partial charge in [0, 0.05) is 6.04 Å². The molecule has 0 atom stereocenters. The molecule has 0 saturated heterocycles. The van der Waals surface area contributed by atoms with Crippen molar-refractivity contribution < 1.29 is 8.42 Å². The lowest BCUT2D eigenvalue weighted by Gasteiger charge is -2.16. The predicted molar refractivity (Wildman–Crippen MR) is 51.6 cm³/mol. The van der Waals surface area contributed by atoms with E-state index in [-0.39, 0.29) is 11.3 Å². The van der Waals surface area contributed by atoms with Crippen LogP contribution in [0.2, 0.25) is 0 Å². The Bertz CT molecular complexity index is 205. The lowest BCUT2D eigenvalue weighted by molar-refractivity contribution is 0.546. The molecule has 74 valence electrons. The maximum atomic E-state index is 11.5. The Morgan fingerprint density at radius 1 is 1.17 bits per heavy atom. The average molecular weight is 193 g/mol. The van der Waals surface area contributed by atoms with Gasteiger partial charge in [-0.25, -0.2) is 13.1 Å². The van der Waals surface area contributed by atoms with Crippen LogP contribution in [0.4, 0.5) is 0 Å². The average Bonchev–Trinajstić information content (AvgIpc) is 1.85. The van der Waals surface area contributed by atoms with Crippen molar-refractivity contribution in [1.29, 1.82) is 0 Å². The highest BCUT2D eigenvalue weighted by atomic mass is 32.2. The van der Waals surface area contributed by atoms with Gasteiger partial charge in [-0.15, -0.1) is 0 Å². The molecular formula is C8H19NO2S. The SMILES string of the molecule is CCC(CC)S(=O)(=O)NC(C)C. The minimum atomic E-state index is -3.07. The quantitative estimate of drug-likeness (QED) is 0.719. The van der Waals surface area contributed by atoms with Gasteiger partial charge in [-0.1, -0.05) is 13.8 Å². The van der Waals surface area contributed by atoms with Gasteiger partial charge < -0.3 is 0 Å². The van der Waals surface area contributed by atoms with Crippen LogP contribution >= 0.6 is 0 Å². The maximum Gasteiger partial charge on any atom is 0.214 e. The number of sulfonamides is 1. The van der Waals surface area contributed by atoms with Gasteiger partial charge in [-0.2, -0.15) is 0 Å². The Hall–Kier alpha value is -0.0900. The molecule has 0 radical (unpaired) electrons. The summed E-state index contributed by atoms with van der Waals surface area (Å²) in [7, 11) is -3.07. The molecule has 12 heavy (non-hydrogen) atoms. The monoisotopic (exact) mass is 193 g/mol. The number of hydrogen-bond donors (Lipinski definition) is 1. The van der Waals surface area contributed by atoms with E-state index in [1.54, 1.807) is 0 Å². The fraction of sp³-hybridized carbons (Fsp3) is 1.00. The third-order valence-corrected chi connectivity index (χ3v) is 4.09. The lowest BCUT2D eigenvalue weighted by Crippen LogP contribution is -2.37. The van der Waals surface area contributed by atoms with Crippen molar-refractivity contribution >= 4 is 10.0 Å². The highest BCUT2D eigenvalue weighted by molar-refractivity contribution is 7.90. The summed E-state index contributed by atoms with van der Waals surface area (Å²) >= 11 is 0. The molecule has 0 aromatic carbocycles. The van der Waals surface area contributed by atoms with E-state index >= 15 is 0 Å². The first kappa shape index (κ1) is 11.9. The molecule has 0 heterocycles. The third kappa shape index (κ3) is 3.54. The van der Waals surface area contributed by atoms with Crippen molar-refractivity contribution in [3.8, 4) is 0 Å². The summed E-state index contributed by atoms with van der Waals surface area (Å²) < 4.78 is 25.6. The van der Waals surface area contributed by atoms with Crippen LogP contribution in [-0.4, -0.2) is 19.7 Å². The van der Waals surface area contributed by atoms with Gasteiger partial charge in [0.15, 0.2) is 0 Å². The van der Waals surface area contributed by atoms with Gasteiger partial charge in [0.1, 0.15) is 0 Å². The molecule has 0 bridgehead atoms. The Morgan fingerprint density at radius 3 is 1.83 bits per heavy atom. The topological polar surface area (TPSA) is 46.2 Å². The van der Waals surface area contributed by atoms with Crippen LogP contribution in [0.25, 0.3) is 0 Å². The fourth-order valence-electron chi connectivity index (χ4n) is 1.15. The van der Waals surface area contributed by atoms with Crippen molar-refractivity contribution in [2.45, 2.75) is 51.8 Å². The summed E-state index contributed by atoms with van der Waals surface area (Å²) in [5.41, 5.74) is 0. The van der Waals surface area contributed by atoms with Crippen LogP contribution in [-0.2, 0) is 10.0 Å². The van der Waals surface area contributed by atoms with Gasteiger partial charge in [0.05, 0.1) is 5.25 Å². The zero-order chi connectivity index (χ0) is 9.78. The van der Waals surface area contributed by atoms with E-state index in [4.69, 9.17) is 0 Å². The highest BCUT2D eigenvalue weighted by Gasteiger charge is 2.21. The van der Waals surface area contributed by atoms with Gasteiger partial charge in [0.25, 0.3) is 0 Å². The summed E-state index contributed by atoms with van der Waals surface area (Å²) in [6.45, 7) is 7.46. The molecule has 0 amide bonds. The highest BCUT2D eigenvalue weighted by Crippen LogP contribution is 2.08. The van der Waals surface area contributed by atoms with Gasteiger partial charge >= 0.3 is 0 Å². The third-order valence-electron chi connectivity index (χ3n) is 1.75. The first-order chi connectivity index (χ1) is 5.44. The van der Waals surface area contributed by atoms with Crippen LogP contribution in [0.3, 0.4) is 0 Å². The molecule has 0 rings (SSSR count). The minimum absolute atomic E-state index is 0.00407. The maximum absolute atomic E-state index is 11.5. The summed E-state index contributed by atoms with van der Waals surface area (Å²) in [5.74, 6) is 0. The minimum Gasteiger partial charge on any atom is -0.212 e. The van der Waals surface area contributed by atoms with E-state index < -0.39 is 10.0 Å². The lowest BCUT2D eigenvalue weighted by atomic mass is 10.3. The predicted octanol–water partition coefficient (Wildman–Crippen LogP) is 1.50. The van der Waals surface area contributed by atoms with E-state index in [2.05, 4.69) is 4.72 Å². The van der Waals surface area contributed by atoms with Gasteiger partial charge in [-0.05, 0) is 26.7 Å². The number of rotatable bonds is 5.